The SMILES string of the molecule is CC(C)N(C(=O)Nc1ccc(C(=N)N)cc1)C(=O)c1ccc(-c2ccccc2)c(C(=O)OS(C)(=O)=O)c1. The highest BCUT2D eigenvalue weighted by Gasteiger charge is 2.28. The lowest BCUT2D eigenvalue weighted by atomic mass is 9.97. The maximum Gasteiger partial charge on any atom is 0.354 e. The second-order valence-electron chi connectivity index (χ2n) is 8.39. The van der Waals surface area contributed by atoms with Crippen LogP contribution in [-0.4, -0.2) is 49.4 Å². The standard InChI is InChI=1S/C26H26N4O6S/c1-16(2)30(26(33)29-20-12-9-18(10-13-20)23(27)28)24(31)19-11-14-21(17-7-5-4-6-8-17)22(15-19)25(32)36-37(3,34)35/h4-16H,1-3H3,(H3,27,28)(H,29,33). The predicted molar refractivity (Wildman–Crippen MR) is 140 cm³/mol. The maximum absolute atomic E-state index is 13.4. The summed E-state index contributed by atoms with van der Waals surface area (Å²) in [7, 11) is -4.12. The molecule has 0 aliphatic carbocycles. The number of urea groups is 1. The van der Waals surface area contributed by atoms with Crippen molar-refractivity contribution in [2.24, 2.45) is 5.73 Å². The first-order valence-corrected chi connectivity index (χ1v) is 12.9. The molecule has 0 radical (unpaired) electrons. The van der Waals surface area contributed by atoms with Crippen molar-refractivity contribution < 1.29 is 27.0 Å². The number of amides is 3. The van der Waals surface area contributed by atoms with Crippen LogP contribution in [0.4, 0.5) is 10.5 Å². The van der Waals surface area contributed by atoms with Crippen LogP contribution in [0.15, 0.2) is 72.8 Å². The number of rotatable bonds is 7. The van der Waals surface area contributed by atoms with Gasteiger partial charge < -0.3 is 15.2 Å². The minimum absolute atomic E-state index is 0.0177. The van der Waals surface area contributed by atoms with Crippen molar-refractivity contribution in [2.75, 3.05) is 11.6 Å². The molecule has 0 saturated carbocycles. The Kier molecular flexibility index (Phi) is 8.08. The summed E-state index contributed by atoms with van der Waals surface area (Å²) >= 11 is 0. The lowest BCUT2D eigenvalue weighted by molar-refractivity contribution is 0.0749. The zero-order chi connectivity index (χ0) is 27.3. The third-order valence-electron chi connectivity index (χ3n) is 5.20. The van der Waals surface area contributed by atoms with Crippen LogP contribution < -0.4 is 11.1 Å². The van der Waals surface area contributed by atoms with E-state index in [1.165, 1.54) is 18.2 Å². The normalized spacial score (nSPS) is 11.0. The van der Waals surface area contributed by atoms with Crippen molar-refractivity contribution >= 4 is 39.5 Å². The van der Waals surface area contributed by atoms with Gasteiger partial charge in [-0.1, -0.05) is 36.4 Å². The van der Waals surface area contributed by atoms with Gasteiger partial charge in [0.15, 0.2) is 0 Å². The first kappa shape index (κ1) is 27.1. The summed E-state index contributed by atoms with van der Waals surface area (Å²) in [6.45, 7) is 3.29. The number of imide groups is 1. The summed E-state index contributed by atoms with van der Waals surface area (Å²) in [6, 6.07) is 17.8. The van der Waals surface area contributed by atoms with E-state index >= 15 is 0 Å². The number of nitrogens with two attached hydrogens (primary N) is 1. The van der Waals surface area contributed by atoms with Crippen LogP contribution >= 0.6 is 0 Å². The molecule has 37 heavy (non-hydrogen) atoms. The Morgan fingerprint density at radius 2 is 1.54 bits per heavy atom. The molecule has 0 aliphatic rings. The molecule has 0 unspecified atom stereocenters. The summed E-state index contributed by atoms with van der Waals surface area (Å²) in [5.41, 5.74) is 7.10. The largest absolute Gasteiger partial charge is 0.384 e. The van der Waals surface area contributed by atoms with Gasteiger partial charge in [0.05, 0.1) is 11.8 Å². The van der Waals surface area contributed by atoms with Crippen molar-refractivity contribution in [3.8, 4) is 11.1 Å². The van der Waals surface area contributed by atoms with E-state index < -0.39 is 34.1 Å². The third kappa shape index (κ3) is 6.79. The van der Waals surface area contributed by atoms with Crippen LogP contribution in [0.3, 0.4) is 0 Å². The van der Waals surface area contributed by atoms with Gasteiger partial charge in [-0.2, -0.15) is 8.42 Å². The fourth-order valence-electron chi connectivity index (χ4n) is 3.52. The van der Waals surface area contributed by atoms with E-state index in [9.17, 15) is 22.8 Å². The van der Waals surface area contributed by atoms with E-state index in [0.717, 1.165) is 11.2 Å². The zero-order valence-electron chi connectivity index (χ0n) is 20.4. The fraction of sp³-hybridized carbons (Fsp3) is 0.154. The number of amidine groups is 1. The second kappa shape index (κ2) is 11.0. The lowest BCUT2D eigenvalue weighted by Gasteiger charge is -2.25. The van der Waals surface area contributed by atoms with Crippen molar-refractivity contribution in [3.05, 3.63) is 89.5 Å². The quantitative estimate of drug-likeness (QED) is 0.241. The van der Waals surface area contributed by atoms with E-state index in [1.807, 2.05) is 0 Å². The van der Waals surface area contributed by atoms with Gasteiger partial charge in [-0.3, -0.25) is 15.1 Å². The van der Waals surface area contributed by atoms with E-state index in [1.54, 1.807) is 68.4 Å². The monoisotopic (exact) mass is 522 g/mol. The summed E-state index contributed by atoms with van der Waals surface area (Å²) in [5, 5.41) is 10.1. The molecule has 0 aliphatic heterocycles. The highest BCUT2D eigenvalue weighted by Crippen LogP contribution is 2.27. The minimum Gasteiger partial charge on any atom is -0.384 e. The third-order valence-corrected chi connectivity index (χ3v) is 5.65. The molecule has 11 heteroatoms. The van der Waals surface area contributed by atoms with E-state index in [2.05, 4.69) is 9.50 Å². The van der Waals surface area contributed by atoms with E-state index in [-0.39, 0.29) is 17.0 Å². The Morgan fingerprint density at radius 1 is 0.946 bits per heavy atom. The molecule has 0 atom stereocenters. The number of carbonyl (C=O) groups excluding carboxylic acids is 3. The maximum atomic E-state index is 13.4. The first-order valence-electron chi connectivity index (χ1n) is 11.1. The Bertz CT molecular complexity index is 1450. The molecule has 0 bridgehead atoms. The average Bonchev–Trinajstić information content (AvgIpc) is 2.83. The molecule has 192 valence electrons. The van der Waals surface area contributed by atoms with Gasteiger partial charge in [0, 0.05) is 22.9 Å². The van der Waals surface area contributed by atoms with Crippen molar-refractivity contribution in [1.82, 2.24) is 4.90 Å². The topological polar surface area (TPSA) is 160 Å². The van der Waals surface area contributed by atoms with Crippen molar-refractivity contribution in [1.29, 1.82) is 5.41 Å². The second-order valence-corrected chi connectivity index (χ2v) is 9.97. The number of carbonyl (C=O) groups is 3. The molecule has 0 heterocycles. The number of anilines is 1. The van der Waals surface area contributed by atoms with Gasteiger partial charge in [-0.15, -0.1) is 0 Å². The van der Waals surface area contributed by atoms with Gasteiger partial charge in [0.25, 0.3) is 5.91 Å². The number of hydrogen-bond donors (Lipinski definition) is 3. The van der Waals surface area contributed by atoms with Crippen molar-refractivity contribution in [3.63, 3.8) is 0 Å². The average molecular weight is 523 g/mol. The van der Waals surface area contributed by atoms with Crippen LogP contribution in [0.25, 0.3) is 11.1 Å². The smallest absolute Gasteiger partial charge is 0.354 e. The van der Waals surface area contributed by atoms with Crippen LogP contribution in [0.2, 0.25) is 0 Å². The zero-order valence-corrected chi connectivity index (χ0v) is 21.2. The van der Waals surface area contributed by atoms with E-state index in [4.69, 9.17) is 11.1 Å². The molecule has 0 aromatic heterocycles. The van der Waals surface area contributed by atoms with Crippen LogP contribution in [0.5, 0.6) is 0 Å². The van der Waals surface area contributed by atoms with Crippen LogP contribution in [-0.2, 0) is 14.3 Å². The fourth-order valence-corrected chi connectivity index (χ4v) is 3.88. The Balaban J connectivity index is 1.97. The molecule has 0 saturated heterocycles. The van der Waals surface area contributed by atoms with Gasteiger partial charge in [-0.05, 0) is 61.4 Å². The minimum atomic E-state index is -4.12. The highest BCUT2D eigenvalue weighted by molar-refractivity contribution is 7.86. The molecule has 3 aromatic carbocycles. The Morgan fingerprint density at radius 3 is 2.08 bits per heavy atom. The molecule has 10 nitrogen and oxygen atoms in total. The highest BCUT2D eigenvalue weighted by atomic mass is 32.2. The van der Waals surface area contributed by atoms with Gasteiger partial charge in [-0.25, -0.2) is 9.59 Å². The number of hydrogen-bond acceptors (Lipinski definition) is 7. The molecule has 3 aromatic rings. The lowest BCUT2D eigenvalue weighted by Crippen LogP contribution is -2.44. The number of benzene rings is 3. The number of nitrogens with zero attached hydrogens (tertiary/aromatic N) is 1. The first-order chi connectivity index (χ1) is 17.4. The Hall–Kier alpha value is -4.51. The molecule has 3 amide bonds. The molecule has 3 rings (SSSR count). The Labute approximate surface area is 214 Å². The predicted octanol–water partition coefficient (Wildman–Crippen LogP) is 3.84. The summed E-state index contributed by atoms with van der Waals surface area (Å²) in [6.07, 6.45) is 0.746. The molecule has 4 N–H and O–H groups in total. The van der Waals surface area contributed by atoms with Crippen LogP contribution in [0, 0.1) is 5.41 Å². The van der Waals surface area contributed by atoms with Crippen molar-refractivity contribution in [2.45, 2.75) is 19.9 Å². The van der Waals surface area contributed by atoms with Gasteiger partial charge >= 0.3 is 22.1 Å². The summed E-state index contributed by atoms with van der Waals surface area (Å²) in [5.74, 6) is -1.98. The van der Waals surface area contributed by atoms with E-state index in [0.29, 0.717) is 22.4 Å². The van der Waals surface area contributed by atoms with Gasteiger partial charge in [0.2, 0.25) is 0 Å². The molecule has 0 fully saturated rings. The number of nitrogen functional groups attached to an aromatic ring is 1. The molecular weight excluding hydrogens is 496 g/mol. The molecule has 0 spiro atoms. The van der Waals surface area contributed by atoms with Gasteiger partial charge in [0.1, 0.15) is 5.84 Å². The number of nitrogens with one attached hydrogen (secondary N) is 2. The summed E-state index contributed by atoms with van der Waals surface area (Å²) in [4.78, 5) is 40.2. The molecular formula is C26H26N4O6S. The van der Waals surface area contributed by atoms with Crippen LogP contribution in [0.1, 0.15) is 40.1 Å². The summed E-state index contributed by atoms with van der Waals surface area (Å²) < 4.78 is 27.8.